The van der Waals surface area contributed by atoms with Crippen LogP contribution in [0.1, 0.15) is 42.4 Å². The summed E-state index contributed by atoms with van der Waals surface area (Å²) in [6.07, 6.45) is -0.305. The number of rotatable bonds is 4. The van der Waals surface area contributed by atoms with Crippen molar-refractivity contribution in [1.29, 1.82) is 5.26 Å². The second-order valence-electron chi connectivity index (χ2n) is 7.61. The Balaban J connectivity index is 1.76. The van der Waals surface area contributed by atoms with E-state index in [2.05, 4.69) is 20.2 Å². The number of nitrogen functional groups attached to an aromatic ring is 1. The minimum Gasteiger partial charge on any atom is -0.368 e. The molecule has 0 amide bonds. The van der Waals surface area contributed by atoms with Gasteiger partial charge in [0.1, 0.15) is 23.2 Å². The summed E-state index contributed by atoms with van der Waals surface area (Å²) in [6, 6.07) is 7.75. The van der Waals surface area contributed by atoms with Gasteiger partial charge in [-0.2, -0.15) is 15.3 Å². The monoisotopic (exact) mass is 483 g/mol. The molecular weight excluding hydrogens is 468 g/mol. The molecule has 0 unspecified atom stereocenters. The zero-order valence-corrected chi connectivity index (χ0v) is 18.2. The number of fused-ring (bicyclic) bond motifs is 1. The average molecular weight is 484 g/mol. The van der Waals surface area contributed by atoms with Crippen LogP contribution in [0.25, 0.3) is 16.7 Å². The minimum atomic E-state index is -3.01. The molecule has 1 saturated heterocycles. The number of nitrogens with two attached hydrogens (primary N) is 1. The number of alkyl halides is 2. The second-order valence-corrected chi connectivity index (χ2v) is 8.01. The molecule has 0 saturated carbocycles. The molecule has 3 N–H and O–H groups in total. The Hall–Kier alpha value is -4.11. The first-order chi connectivity index (χ1) is 16.4. The smallest absolute Gasteiger partial charge is 0.281 e. The zero-order valence-electron chi connectivity index (χ0n) is 17.4. The molecule has 0 bridgehead atoms. The predicted octanol–water partition coefficient (Wildman–Crippen LogP) is 3.29. The summed E-state index contributed by atoms with van der Waals surface area (Å²) in [5.41, 5.74) is 4.55. The number of aromatic amines is 1. The number of aromatic nitrogens is 6. The normalized spacial score (nSPS) is 15.9. The molecule has 0 spiro atoms. The standard InChI is InChI=1S/C21H16ClF2N9O/c22-11-3-1-4-12-15(11)20(34)33(14-6-7-27-31-14)19(28-12)13-5-2-8-32(13)18-10(9-25)16(17(23)24)29-21(26)30-18/h1,3-4,6-7,13,17H,2,5,8H2,(H,27,31)(H2,26,29,30)/t13-/m0/s1. The molecule has 1 fully saturated rings. The lowest BCUT2D eigenvalue weighted by Crippen LogP contribution is -2.33. The first-order valence-corrected chi connectivity index (χ1v) is 10.6. The van der Waals surface area contributed by atoms with E-state index >= 15 is 0 Å². The molecular formula is C21H16ClF2N9O. The van der Waals surface area contributed by atoms with Gasteiger partial charge in [-0.15, -0.1) is 0 Å². The van der Waals surface area contributed by atoms with Gasteiger partial charge in [0.25, 0.3) is 12.0 Å². The highest BCUT2D eigenvalue weighted by molar-refractivity contribution is 6.35. The van der Waals surface area contributed by atoms with Crippen molar-refractivity contribution in [1.82, 2.24) is 29.7 Å². The zero-order chi connectivity index (χ0) is 24.0. The second kappa shape index (κ2) is 8.35. The SMILES string of the molecule is N#Cc1c(C(F)F)nc(N)nc1N1CCC[C@H]1c1nc2cccc(Cl)c2c(=O)n1-c1cc[nH]n1. The first-order valence-electron chi connectivity index (χ1n) is 10.2. The highest BCUT2D eigenvalue weighted by Crippen LogP contribution is 2.39. The number of nitriles is 1. The van der Waals surface area contributed by atoms with E-state index in [1.54, 1.807) is 41.4 Å². The van der Waals surface area contributed by atoms with E-state index in [1.165, 1.54) is 4.57 Å². The van der Waals surface area contributed by atoms with Gasteiger partial charge >= 0.3 is 0 Å². The molecule has 13 heteroatoms. The van der Waals surface area contributed by atoms with Crippen LogP contribution in [0.15, 0.2) is 35.3 Å². The molecule has 5 rings (SSSR count). The van der Waals surface area contributed by atoms with Crippen molar-refractivity contribution < 1.29 is 8.78 Å². The first kappa shape index (κ1) is 21.7. The van der Waals surface area contributed by atoms with E-state index < -0.39 is 23.7 Å². The Morgan fingerprint density at radius 3 is 2.79 bits per heavy atom. The van der Waals surface area contributed by atoms with Crippen molar-refractivity contribution in [2.45, 2.75) is 25.3 Å². The van der Waals surface area contributed by atoms with E-state index in [0.29, 0.717) is 30.7 Å². The van der Waals surface area contributed by atoms with Crippen LogP contribution >= 0.6 is 11.6 Å². The quantitative estimate of drug-likeness (QED) is 0.450. The van der Waals surface area contributed by atoms with E-state index in [9.17, 15) is 18.8 Å². The van der Waals surface area contributed by atoms with Crippen LogP contribution in [-0.2, 0) is 0 Å². The van der Waals surface area contributed by atoms with Crippen LogP contribution in [0, 0.1) is 11.3 Å². The van der Waals surface area contributed by atoms with Crippen LogP contribution in [0.4, 0.5) is 20.5 Å². The van der Waals surface area contributed by atoms with Crippen molar-refractivity contribution >= 4 is 34.3 Å². The Labute approximate surface area is 195 Å². The molecule has 1 atom stereocenters. The third-order valence-electron chi connectivity index (χ3n) is 5.66. The molecule has 10 nitrogen and oxygen atoms in total. The summed E-state index contributed by atoms with van der Waals surface area (Å²) in [5.74, 6) is 0.195. The van der Waals surface area contributed by atoms with Crippen molar-refractivity contribution in [3.05, 3.63) is 62.9 Å². The highest BCUT2D eigenvalue weighted by Gasteiger charge is 2.35. The van der Waals surface area contributed by atoms with Crippen molar-refractivity contribution in [3.8, 4) is 11.9 Å². The number of H-pyrrole nitrogens is 1. The Morgan fingerprint density at radius 1 is 1.26 bits per heavy atom. The van der Waals surface area contributed by atoms with Crippen LogP contribution in [0.2, 0.25) is 5.02 Å². The van der Waals surface area contributed by atoms with Gasteiger partial charge in [0.2, 0.25) is 5.95 Å². The van der Waals surface area contributed by atoms with Gasteiger partial charge in [-0.25, -0.2) is 23.3 Å². The number of nitrogens with zero attached hydrogens (tertiary/aromatic N) is 7. The third-order valence-corrected chi connectivity index (χ3v) is 5.98. The molecule has 3 aromatic heterocycles. The summed E-state index contributed by atoms with van der Waals surface area (Å²) >= 11 is 6.31. The predicted molar refractivity (Wildman–Crippen MR) is 120 cm³/mol. The minimum absolute atomic E-state index is 0.0261. The summed E-state index contributed by atoms with van der Waals surface area (Å²) in [7, 11) is 0. The largest absolute Gasteiger partial charge is 0.368 e. The lowest BCUT2D eigenvalue weighted by atomic mass is 10.1. The topological polar surface area (TPSA) is 142 Å². The highest BCUT2D eigenvalue weighted by atomic mass is 35.5. The number of hydrogen-bond acceptors (Lipinski definition) is 8. The molecule has 4 aromatic rings. The van der Waals surface area contributed by atoms with Crippen LogP contribution in [0.5, 0.6) is 0 Å². The lowest BCUT2D eigenvalue weighted by Gasteiger charge is -2.28. The summed E-state index contributed by atoms with van der Waals surface area (Å²) in [5, 5.41) is 16.9. The number of hydrogen-bond donors (Lipinski definition) is 2. The van der Waals surface area contributed by atoms with Gasteiger partial charge in [0.05, 0.1) is 22.0 Å². The van der Waals surface area contributed by atoms with Gasteiger partial charge in [-0.1, -0.05) is 17.7 Å². The lowest BCUT2D eigenvalue weighted by molar-refractivity contribution is 0.145. The van der Waals surface area contributed by atoms with Gasteiger partial charge in [-0.3, -0.25) is 9.89 Å². The fourth-order valence-electron chi connectivity index (χ4n) is 4.27. The number of benzene rings is 1. The number of halogens is 3. The summed E-state index contributed by atoms with van der Waals surface area (Å²) in [4.78, 5) is 27.6. The maximum absolute atomic E-state index is 13.6. The average Bonchev–Trinajstić information content (AvgIpc) is 3.50. The third kappa shape index (κ3) is 3.41. The van der Waals surface area contributed by atoms with Crippen molar-refractivity contribution in [3.63, 3.8) is 0 Å². The molecule has 1 aromatic carbocycles. The number of anilines is 2. The fourth-order valence-corrected chi connectivity index (χ4v) is 4.52. The maximum atomic E-state index is 13.6. The maximum Gasteiger partial charge on any atom is 0.281 e. The van der Waals surface area contributed by atoms with Gasteiger partial charge < -0.3 is 10.6 Å². The molecule has 34 heavy (non-hydrogen) atoms. The van der Waals surface area contributed by atoms with E-state index in [4.69, 9.17) is 22.3 Å². The van der Waals surface area contributed by atoms with Gasteiger partial charge in [0.15, 0.2) is 11.6 Å². The fraction of sp³-hybridized carbons (Fsp3) is 0.238. The van der Waals surface area contributed by atoms with Gasteiger partial charge in [-0.05, 0) is 25.0 Å². The van der Waals surface area contributed by atoms with E-state index in [0.717, 1.165) is 0 Å². The van der Waals surface area contributed by atoms with E-state index in [1.807, 2.05) is 0 Å². The summed E-state index contributed by atoms with van der Waals surface area (Å²) < 4.78 is 28.5. The molecule has 0 radical (unpaired) electrons. The van der Waals surface area contributed by atoms with Gasteiger partial charge in [0, 0.05) is 18.8 Å². The molecule has 4 heterocycles. The Bertz CT molecular complexity index is 1500. The Morgan fingerprint density at radius 2 is 2.09 bits per heavy atom. The van der Waals surface area contributed by atoms with Crippen molar-refractivity contribution in [2.24, 2.45) is 0 Å². The summed E-state index contributed by atoms with van der Waals surface area (Å²) in [6.45, 7) is 0.377. The van der Waals surface area contributed by atoms with Crippen LogP contribution < -0.4 is 16.2 Å². The van der Waals surface area contributed by atoms with E-state index in [-0.39, 0.29) is 33.6 Å². The molecule has 172 valence electrons. The van der Waals surface area contributed by atoms with Crippen LogP contribution in [-0.4, -0.2) is 36.3 Å². The number of nitrogens with one attached hydrogen (secondary N) is 1. The Kier molecular flexibility index (Phi) is 5.33. The molecule has 1 aliphatic rings. The van der Waals surface area contributed by atoms with Crippen molar-refractivity contribution in [2.75, 3.05) is 17.2 Å². The molecule has 0 aliphatic carbocycles. The van der Waals surface area contributed by atoms with Crippen LogP contribution in [0.3, 0.4) is 0 Å². The molecule has 1 aliphatic heterocycles.